The first kappa shape index (κ1) is 12.4. The van der Waals surface area contributed by atoms with E-state index in [2.05, 4.69) is 21.2 Å². The summed E-state index contributed by atoms with van der Waals surface area (Å²) in [6.07, 6.45) is 4.31. The van der Waals surface area contributed by atoms with Crippen molar-refractivity contribution in [1.29, 1.82) is 0 Å². The molecule has 1 aliphatic rings. The van der Waals surface area contributed by atoms with E-state index in [0.29, 0.717) is 5.75 Å². The van der Waals surface area contributed by atoms with Crippen LogP contribution >= 0.6 is 15.9 Å². The molecule has 0 aliphatic heterocycles. The molecule has 0 unspecified atom stereocenters. The molecule has 3 nitrogen and oxygen atoms in total. The molecular formula is C13H16BrNO2. The highest BCUT2D eigenvalue weighted by Gasteiger charge is 2.23. The Hall–Kier alpha value is -1.03. The summed E-state index contributed by atoms with van der Waals surface area (Å²) in [5.74, 6) is 0.949. The molecule has 1 aliphatic carbocycles. The molecule has 0 aromatic heterocycles. The Labute approximate surface area is 110 Å². The van der Waals surface area contributed by atoms with Crippen LogP contribution < -0.4 is 10.1 Å². The van der Waals surface area contributed by atoms with Crippen LogP contribution in [0.1, 0.15) is 25.7 Å². The molecule has 0 heterocycles. The highest BCUT2D eigenvalue weighted by atomic mass is 79.9. The van der Waals surface area contributed by atoms with Gasteiger partial charge in [-0.2, -0.15) is 0 Å². The Bertz CT molecular complexity index is 414. The number of rotatable bonds is 3. The van der Waals surface area contributed by atoms with E-state index in [1.807, 2.05) is 18.2 Å². The smallest absolute Gasteiger partial charge is 0.227 e. The van der Waals surface area contributed by atoms with Gasteiger partial charge in [0.25, 0.3) is 0 Å². The van der Waals surface area contributed by atoms with Crippen molar-refractivity contribution >= 4 is 27.5 Å². The molecule has 1 aromatic carbocycles. The molecule has 1 N–H and O–H groups in total. The lowest BCUT2D eigenvalue weighted by Crippen LogP contribution is -2.20. The molecule has 2 rings (SSSR count). The van der Waals surface area contributed by atoms with E-state index in [0.717, 1.165) is 35.8 Å². The predicted octanol–water partition coefficient (Wildman–Crippen LogP) is 3.59. The summed E-state index contributed by atoms with van der Waals surface area (Å²) in [4.78, 5) is 12.0. The predicted molar refractivity (Wildman–Crippen MR) is 71.3 cm³/mol. The van der Waals surface area contributed by atoms with Crippen molar-refractivity contribution < 1.29 is 9.53 Å². The quantitative estimate of drug-likeness (QED) is 0.926. The van der Waals surface area contributed by atoms with Gasteiger partial charge in [0.05, 0.1) is 12.8 Å². The topological polar surface area (TPSA) is 38.3 Å². The molecule has 4 heteroatoms. The number of hydrogen-bond donors (Lipinski definition) is 1. The van der Waals surface area contributed by atoms with E-state index in [4.69, 9.17) is 4.74 Å². The summed E-state index contributed by atoms with van der Waals surface area (Å²) in [5, 5.41) is 2.96. The molecule has 1 saturated carbocycles. The van der Waals surface area contributed by atoms with E-state index in [9.17, 15) is 4.79 Å². The minimum absolute atomic E-state index is 0.104. The van der Waals surface area contributed by atoms with Crippen LogP contribution in [0.3, 0.4) is 0 Å². The second kappa shape index (κ2) is 5.54. The van der Waals surface area contributed by atoms with Gasteiger partial charge in [-0.25, -0.2) is 0 Å². The first-order valence-corrected chi connectivity index (χ1v) is 6.65. The minimum atomic E-state index is 0.104. The number of anilines is 1. The Morgan fingerprint density at radius 3 is 2.76 bits per heavy atom. The Morgan fingerprint density at radius 2 is 2.12 bits per heavy atom. The van der Waals surface area contributed by atoms with Crippen LogP contribution in [-0.2, 0) is 4.79 Å². The molecule has 0 bridgehead atoms. The van der Waals surface area contributed by atoms with Crippen molar-refractivity contribution in [2.75, 3.05) is 12.4 Å². The van der Waals surface area contributed by atoms with Crippen molar-refractivity contribution in [2.45, 2.75) is 25.7 Å². The van der Waals surface area contributed by atoms with Crippen LogP contribution in [0.25, 0.3) is 0 Å². The largest absolute Gasteiger partial charge is 0.495 e. The van der Waals surface area contributed by atoms with Crippen molar-refractivity contribution in [3.63, 3.8) is 0 Å². The van der Waals surface area contributed by atoms with E-state index in [-0.39, 0.29) is 11.8 Å². The van der Waals surface area contributed by atoms with E-state index < -0.39 is 0 Å². The molecule has 92 valence electrons. The first-order chi connectivity index (χ1) is 8.22. The van der Waals surface area contributed by atoms with Gasteiger partial charge in [0.1, 0.15) is 5.75 Å². The van der Waals surface area contributed by atoms with Gasteiger partial charge in [-0.1, -0.05) is 18.9 Å². The van der Waals surface area contributed by atoms with Gasteiger partial charge in [0.15, 0.2) is 0 Å². The fourth-order valence-corrected chi connectivity index (χ4v) is 2.66. The third-order valence-electron chi connectivity index (χ3n) is 3.17. The maximum atomic E-state index is 12.0. The van der Waals surface area contributed by atoms with Crippen molar-refractivity contribution in [3.8, 4) is 5.75 Å². The van der Waals surface area contributed by atoms with E-state index in [1.165, 1.54) is 0 Å². The van der Waals surface area contributed by atoms with Gasteiger partial charge in [0.2, 0.25) is 5.91 Å². The fraction of sp³-hybridized carbons (Fsp3) is 0.462. The minimum Gasteiger partial charge on any atom is -0.495 e. The average Bonchev–Trinajstić information content (AvgIpc) is 2.85. The number of nitrogens with one attached hydrogen (secondary N) is 1. The SMILES string of the molecule is COc1cccc(Br)c1NC(=O)C1CCCC1. The average molecular weight is 298 g/mol. The molecule has 1 aromatic rings. The number of ether oxygens (including phenoxy) is 1. The van der Waals surface area contributed by atoms with E-state index in [1.54, 1.807) is 7.11 Å². The maximum Gasteiger partial charge on any atom is 0.227 e. The number of halogens is 1. The molecule has 0 atom stereocenters. The van der Waals surface area contributed by atoms with Gasteiger partial charge >= 0.3 is 0 Å². The highest BCUT2D eigenvalue weighted by molar-refractivity contribution is 9.10. The fourth-order valence-electron chi connectivity index (χ4n) is 2.21. The number of carbonyl (C=O) groups is 1. The summed E-state index contributed by atoms with van der Waals surface area (Å²) in [6.45, 7) is 0. The van der Waals surface area contributed by atoms with Crippen LogP contribution in [0.15, 0.2) is 22.7 Å². The lowest BCUT2D eigenvalue weighted by atomic mass is 10.1. The zero-order chi connectivity index (χ0) is 12.3. The highest BCUT2D eigenvalue weighted by Crippen LogP contribution is 2.34. The summed E-state index contributed by atoms with van der Waals surface area (Å²) < 4.78 is 6.10. The van der Waals surface area contributed by atoms with Crippen LogP contribution in [0.2, 0.25) is 0 Å². The van der Waals surface area contributed by atoms with Crippen molar-refractivity contribution in [2.24, 2.45) is 5.92 Å². The molecule has 1 amide bonds. The van der Waals surface area contributed by atoms with Crippen LogP contribution in [0.5, 0.6) is 5.75 Å². The molecule has 0 spiro atoms. The van der Waals surface area contributed by atoms with Gasteiger partial charge < -0.3 is 10.1 Å². The second-order valence-electron chi connectivity index (χ2n) is 4.29. The standard InChI is InChI=1S/C13H16BrNO2/c1-17-11-8-4-7-10(14)12(11)15-13(16)9-5-2-3-6-9/h4,7-9H,2-3,5-6H2,1H3,(H,15,16). The monoisotopic (exact) mass is 297 g/mol. The third kappa shape index (κ3) is 2.80. The Balaban J connectivity index is 2.14. The summed E-state index contributed by atoms with van der Waals surface area (Å²) in [7, 11) is 1.60. The molecule has 1 fully saturated rings. The van der Waals surface area contributed by atoms with Crippen LogP contribution in [0.4, 0.5) is 5.69 Å². The number of hydrogen-bond acceptors (Lipinski definition) is 2. The lowest BCUT2D eigenvalue weighted by Gasteiger charge is -2.14. The van der Waals surface area contributed by atoms with Crippen molar-refractivity contribution in [3.05, 3.63) is 22.7 Å². The third-order valence-corrected chi connectivity index (χ3v) is 3.83. The first-order valence-electron chi connectivity index (χ1n) is 5.85. The van der Waals surface area contributed by atoms with Crippen LogP contribution in [-0.4, -0.2) is 13.0 Å². The zero-order valence-corrected chi connectivity index (χ0v) is 11.4. The van der Waals surface area contributed by atoms with Gasteiger partial charge in [-0.3, -0.25) is 4.79 Å². The molecule has 17 heavy (non-hydrogen) atoms. The number of para-hydroxylation sites is 1. The molecule has 0 radical (unpaired) electrons. The summed E-state index contributed by atoms with van der Waals surface area (Å²) in [6, 6.07) is 5.62. The van der Waals surface area contributed by atoms with E-state index >= 15 is 0 Å². The normalized spacial score (nSPS) is 15.9. The maximum absolute atomic E-state index is 12.0. The Kier molecular flexibility index (Phi) is 4.05. The van der Waals surface area contributed by atoms with Crippen LogP contribution in [0, 0.1) is 5.92 Å². The summed E-state index contributed by atoms with van der Waals surface area (Å²) >= 11 is 3.43. The van der Waals surface area contributed by atoms with Crippen molar-refractivity contribution in [1.82, 2.24) is 0 Å². The lowest BCUT2D eigenvalue weighted by molar-refractivity contribution is -0.119. The van der Waals surface area contributed by atoms with Gasteiger partial charge in [-0.05, 0) is 40.9 Å². The van der Waals surface area contributed by atoms with Gasteiger partial charge in [0, 0.05) is 10.4 Å². The number of methoxy groups -OCH3 is 1. The molecule has 0 saturated heterocycles. The zero-order valence-electron chi connectivity index (χ0n) is 9.83. The summed E-state index contributed by atoms with van der Waals surface area (Å²) in [5.41, 5.74) is 0.729. The number of amides is 1. The Morgan fingerprint density at radius 1 is 1.41 bits per heavy atom. The molecular weight excluding hydrogens is 282 g/mol. The number of carbonyl (C=O) groups excluding carboxylic acids is 1. The van der Waals surface area contributed by atoms with Gasteiger partial charge in [-0.15, -0.1) is 0 Å². The second-order valence-corrected chi connectivity index (χ2v) is 5.14. The number of benzene rings is 1.